The van der Waals surface area contributed by atoms with Crippen LogP contribution >= 0.6 is 0 Å². The van der Waals surface area contributed by atoms with Crippen LogP contribution in [0.5, 0.6) is 11.5 Å². The van der Waals surface area contributed by atoms with Crippen LogP contribution in [0.25, 0.3) is 0 Å². The molecule has 0 unspecified atom stereocenters. The molecule has 1 rings (SSSR count). The Kier molecular flexibility index (Phi) is 6.86. The second-order valence-electron chi connectivity index (χ2n) is 3.32. The average Bonchev–Trinajstić information content (AvgIpc) is 2.37. The Morgan fingerprint density at radius 1 is 1.00 bits per heavy atom. The third-order valence-electron chi connectivity index (χ3n) is 1.94. The van der Waals surface area contributed by atoms with Crippen molar-refractivity contribution in [1.29, 1.82) is 0 Å². The molecule has 1 aromatic rings. The fourth-order valence-corrected chi connectivity index (χ4v) is 1.19. The van der Waals surface area contributed by atoms with Gasteiger partial charge in [-0.3, -0.25) is 0 Å². The van der Waals surface area contributed by atoms with Gasteiger partial charge in [0.05, 0.1) is 13.2 Å². The van der Waals surface area contributed by atoms with Crippen LogP contribution in [-0.4, -0.2) is 33.0 Å². The Morgan fingerprint density at radius 3 is 2.12 bits per heavy atom. The highest BCUT2D eigenvalue weighted by Gasteiger charge is 1.96. The molecule has 0 aliphatic carbocycles. The molecule has 0 bridgehead atoms. The quantitative estimate of drug-likeness (QED) is 0.523. The molecule has 17 heavy (non-hydrogen) atoms. The van der Waals surface area contributed by atoms with Gasteiger partial charge in [-0.1, -0.05) is 6.08 Å². The summed E-state index contributed by atoms with van der Waals surface area (Å²) in [5.41, 5.74) is 5.34. The molecule has 0 aliphatic rings. The maximum atomic E-state index is 5.47. The lowest BCUT2D eigenvalue weighted by molar-refractivity contribution is 0.121. The number of hydrogen-bond acceptors (Lipinski definition) is 4. The van der Waals surface area contributed by atoms with E-state index in [1.165, 1.54) is 0 Å². The Hall–Kier alpha value is -1.52. The summed E-state index contributed by atoms with van der Waals surface area (Å²) in [4.78, 5) is 0. The Bertz CT molecular complexity index is 311. The van der Waals surface area contributed by atoms with Gasteiger partial charge in [-0.05, 0) is 24.3 Å². The van der Waals surface area contributed by atoms with E-state index in [0.29, 0.717) is 33.0 Å². The topological polar surface area (TPSA) is 53.7 Å². The molecule has 4 nitrogen and oxygen atoms in total. The average molecular weight is 237 g/mol. The first-order chi connectivity index (χ1) is 8.36. The van der Waals surface area contributed by atoms with E-state index in [0.717, 1.165) is 11.5 Å². The van der Waals surface area contributed by atoms with Gasteiger partial charge in [-0.15, -0.1) is 6.58 Å². The molecule has 0 saturated heterocycles. The summed E-state index contributed by atoms with van der Waals surface area (Å²) in [6.45, 7) is 6.23. The zero-order chi connectivity index (χ0) is 12.3. The monoisotopic (exact) mass is 237 g/mol. The highest BCUT2D eigenvalue weighted by Crippen LogP contribution is 2.17. The molecule has 0 atom stereocenters. The van der Waals surface area contributed by atoms with Crippen molar-refractivity contribution in [3.63, 3.8) is 0 Å². The summed E-state index contributed by atoms with van der Waals surface area (Å²) in [5, 5.41) is 0. The minimum atomic E-state index is 0.513. The Labute approximate surface area is 102 Å². The minimum Gasteiger partial charge on any atom is -0.492 e. The van der Waals surface area contributed by atoms with Crippen LogP contribution in [0.2, 0.25) is 0 Å². The van der Waals surface area contributed by atoms with Crippen LogP contribution in [0.4, 0.5) is 0 Å². The van der Waals surface area contributed by atoms with Gasteiger partial charge >= 0.3 is 0 Å². The van der Waals surface area contributed by atoms with Gasteiger partial charge in [-0.25, -0.2) is 0 Å². The van der Waals surface area contributed by atoms with Crippen molar-refractivity contribution in [1.82, 2.24) is 0 Å². The van der Waals surface area contributed by atoms with Crippen LogP contribution in [0, 0.1) is 0 Å². The first kappa shape index (κ1) is 13.5. The van der Waals surface area contributed by atoms with E-state index >= 15 is 0 Å². The number of benzene rings is 1. The second-order valence-corrected chi connectivity index (χ2v) is 3.32. The SMILES string of the molecule is C=CCOCCOc1ccc(OCCN)cc1. The number of hydrogen-bond donors (Lipinski definition) is 1. The number of rotatable bonds is 9. The van der Waals surface area contributed by atoms with Crippen molar-refractivity contribution in [2.24, 2.45) is 5.73 Å². The third-order valence-corrected chi connectivity index (χ3v) is 1.94. The predicted octanol–water partition coefficient (Wildman–Crippen LogP) is 1.61. The van der Waals surface area contributed by atoms with E-state index in [4.69, 9.17) is 19.9 Å². The standard InChI is InChI=1S/C13H19NO3/c1-2-8-15-10-11-17-13-5-3-12(4-6-13)16-9-7-14/h2-6H,1,7-11,14H2. The van der Waals surface area contributed by atoms with Crippen LogP contribution in [0.15, 0.2) is 36.9 Å². The fourth-order valence-electron chi connectivity index (χ4n) is 1.19. The first-order valence-electron chi connectivity index (χ1n) is 5.61. The molecule has 0 aliphatic heterocycles. The van der Waals surface area contributed by atoms with Crippen LogP contribution in [0.3, 0.4) is 0 Å². The third kappa shape index (κ3) is 5.94. The molecule has 0 aromatic heterocycles. The lowest BCUT2D eigenvalue weighted by atomic mass is 10.3. The first-order valence-corrected chi connectivity index (χ1v) is 5.61. The molecule has 1 aromatic carbocycles. The molecule has 2 N–H and O–H groups in total. The van der Waals surface area contributed by atoms with Gasteiger partial charge in [0.25, 0.3) is 0 Å². The highest BCUT2D eigenvalue weighted by atomic mass is 16.5. The maximum Gasteiger partial charge on any atom is 0.119 e. The van der Waals surface area contributed by atoms with Crippen LogP contribution < -0.4 is 15.2 Å². The summed E-state index contributed by atoms with van der Waals surface area (Å²) in [5.74, 6) is 1.60. The molecule has 0 fully saturated rings. The lowest BCUT2D eigenvalue weighted by Gasteiger charge is -2.08. The van der Waals surface area contributed by atoms with Crippen molar-refractivity contribution < 1.29 is 14.2 Å². The van der Waals surface area contributed by atoms with Gasteiger partial charge in [-0.2, -0.15) is 0 Å². The highest BCUT2D eigenvalue weighted by molar-refractivity contribution is 5.31. The van der Waals surface area contributed by atoms with Gasteiger partial charge in [0.1, 0.15) is 24.7 Å². The molecule has 0 saturated carbocycles. The van der Waals surface area contributed by atoms with Crippen LogP contribution in [-0.2, 0) is 4.74 Å². The van der Waals surface area contributed by atoms with E-state index in [1.807, 2.05) is 24.3 Å². The summed E-state index contributed by atoms with van der Waals surface area (Å²) in [6, 6.07) is 7.43. The van der Waals surface area contributed by atoms with Gasteiger partial charge < -0.3 is 19.9 Å². The van der Waals surface area contributed by atoms with Gasteiger partial charge in [0.2, 0.25) is 0 Å². The largest absolute Gasteiger partial charge is 0.492 e. The zero-order valence-electron chi connectivity index (χ0n) is 9.93. The summed E-state index contributed by atoms with van der Waals surface area (Å²) >= 11 is 0. The molecule has 0 spiro atoms. The normalized spacial score (nSPS) is 9.94. The zero-order valence-corrected chi connectivity index (χ0v) is 9.93. The van der Waals surface area contributed by atoms with Crippen LogP contribution in [0.1, 0.15) is 0 Å². The van der Waals surface area contributed by atoms with E-state index in [1.54, 1.807) is 6.08 Å². The van der Waals surface area contributed by atoms with Gasteiger partial charge in [0.15, 0.2) is 0 Å². The van der Waals surface area contributed by atoms with Crippen molar-refractivity contribution in [3.05, 3.63) is 36.9 Å². The summed E-state index contributed by atoms with van der Waals surface area (Å²) in [6.07, 6.45) is 1.71. The van der Waals surface area contributed by atoms with Gasteiger partial charge in [0, 0.05) is 6.54 Å². The molecule has 4 heteroatoms. The molecule has 0 amide bonds. The van der Waals surface area contributed by atoms with E-state index in [-0.39, 0.29) is 0 Å². The Balaban J connectivity index is 2.23. The lowest BCUT2D eigenvalue weighted by Crippen LogP contribution is -2.10. The number of nitrogens with two attached hydrogens (primary N) is 1. The van der Waals surface area contributed by atoms with Crippen molar-refractivity contribution in [2.75, 3.05) is 33.0 Å². The van der Waals surface area contributed by atoms with Crippen molar-refractivity contribution >= 4 is 0 Å². The predicted molar refractivity (Wildman–Crippen MR) is 67.5 cm³/mol. The number of ether oxygens (including phenoxy) is 3. The molecule has 0 heterocycles. The smallest absolute Gasteiger partial charge is 0.119 e. The van der Waals surface area contributed by atoms with Crippen molar-refractivity contribution in [3.8, 4) is 11.5 Å². The fraction of sp³-hybridized carbons (Fsp3) is 0.385. The minimum absolute atomic E-state index is 0.513. The maximum absolute atomic E-state index is 5.47. The van der Waals surface area contributed by atoms with E-state index < -0.39 is 0 Å². The molecular weight excluding hydrogens is 218 g/mol. The van der Waals surface area contributed by atoms with E-state index in [9.17, 15) is 0 Å². The van der Waals surface area contributed by atoms with Crippen molar-refractivity contribution in [2.45, 2.75) is 0 Å². The molecular formula is C13H19NO3. The molecule has 94 valence electrons. The second kappa shape index (κ2) is 8.61. The Morgan fingerprint density at radius 2 is 1.59 bits per heavy atom. The molecule has 0 radical (unpaired) electrons. The van der Waals surface area contributed by atoms with E-state index in [2.05, 4.69) is 6.58 Å². The summed E-state index contributed by atoms with van der Waals surface area (Å²) < 4.78 is 16.0. The summed E-state index contributed by atoms with van der Waals surface area (Å²) in [7, 11) is 0.